The van der Waals surface area contributed by atoms with Crippen LogP contribution in [0.1, 0.15) is 27.7 Å². The molecule has 0 aliphatic rings. The summed E-state index contributed by atoms with van der Waals surface area (Å²) in [6.07, 6.45) is 1.23. The third kappa shape index (κ3) is 9.14. The number of rotatable bonds is 8. The van der Waals surface area contributed by atoms with Gasteiger partial charge in [0.15, 0.2) is 5.96 Å². The molecule has 0 saturated carbocycles. The number of hydrogen-bond acceptors (Lipinski definition) is 4. The second-order valence-corrected chi connectivity index (χ2v) is 7.74. The molecule has 0 radical (unpaired) electrons. The molecule has 0 unspecified atom stereocenters. The highest BCUT2D eigenvalue weighted by atomic mass is 32.2. The largest absolute Gasteiger partial charge is 0.355 e. The van der Waals surface area contributed by atoms with E-state index in [4.69, 9.17) is 0 Å². The Kier molecular flexibility index (Phi) is 8.80. The molecule has 0 rings (SSSR count). The maximum Gasteiger partial charge on any atom is 0.191 e. The molecule has 0 spiro atoms. The molecule has 2 N–H and O–H groups in total. The molecule has 0 saturated heterocycles. The van der Waals surface area contributed by atoms with Crippen LogP contribution >= 0.6 is 0 Å². The number of nitrogens with zero attached hydrogens (tertiary/aromatic N) is 2. The maximum absolute atomic E-state index is 11.0. The van der Waals surface area contributed by atoms with Gasteiger partial charge in [-0.15, -0.1) is 0 Å². The normalized spacial score (nSPS) is 13.3. The average molecular weight is 306 g/mol. The van der Waals surface area contributed by atoms with Crippen molar-refractivity contribution in [2.75, 3.05) is 38.7 Å². The van der Waals surface area contributed by atoms with Crippen molar-refractivity contribution in [3.05, 3.63) is 0 Å². The Morgan fingerprint density at radius 2 is 1.60 bits per heavy atom. The van der Waals surface area contributed by atoms with Crippen LogP contribution in [0.15, 0.2) is 4.99 Å². The first kappa shape index (κ1) is 19.2. The molecule has 6 nitrogen and oxygen atoms in total. The van der Waals surface area contributed by atoms with E-state index in [1.54, 1.807) is 7.05 Å². The number of sulfone groups is 1. The third-order valence-corrected chi connectivity index (χ3v) is 3.92. The highest BCUT2D eigenvalue weighted by molar-refractivity contribution is 7.90. The smallest absolute Gasteiger partial charge is 0.191 e. The van der Waals surface area contributed by atoms with Crippen LogP contribution in [0.5, 0.6) is 0 Å². The summed E-state index contributed by atoms with van der Waals surface area (Å²) in [6, 6.07) is 0.994. The Labute approximate surface area is 123 Å². The lowest BCUT2D eigenvalue weighted by molar-refractivity contribution is 0.178. The predicted octanol–water partition coefficient (Wildman–Crippen LogP) is 0.315. The number of nitrogens with one attached hydrogen (secondary N) is 2. The van der Waals surface area contributed by atoms with E-state index in [-0.39, 0.29) is 5.75 Å². The molecule has 0 bridgehead atoms. The summed E-state index contributed by atoms with van der Waals surface area (Å²) in [5.41, 5.74) is 0. The fraction of sp³-hybridized carbons (Fsp3) is 0.923. The minimum absolute atomic E-state index is 0.109. The van der Waals surface area contributed by atoms with Gasteiger partial charge in [0.1, 0.15) is 9.84 Å². The van der Waals surface area contributed by atoms with Crippen molar-refractivity contribution in [2.45, 2.75) is 39.8 Å². The van der Waals surface area contributed by atoms with Crippen molar-refractivity contribution in [2.24, 2.45) is 4.99 Å². The van der Waals surface area contributed by atoms with Crippen LogP contribution in [-0.2, 0) is 9.84 Å². The Morgan fingerprint density at radius 1 is 1.10 bits per heavy atom. The second-order valence-electron chi connectivity index (χ2n) is 5.48. The minimum Gasteiger partial charge on any atom is -0.355 e. The summed E-state index contributed by atoms with van der Waals surface area (Å²) >= 11 is 0. The molecular weight excluding hydrogens is 276 g/mol. The number of hydrogen-bond donors (Lipinski definition) is 2. The van der Waals surface area contributed by atoms with Crippen molar-refractivity contribution >= 4 is 15.8 Å². The molecule has 0 atom stereocenters. The van der Waals surface area contributed by atoms with E-state index in [2.05, 4.69) is 48.2 Å². The SMILES string of the molecule is CN=C(NCCN(C(C)C)C(C)C)NCCS(C)(=O)=O. The first-order valence-electron chi connectivity index (χ1n) is 7.05. The van der Waals surface area contributed by atoms with Crippen LogP contribution in [0, 0.1) is 0 Å². The van der Waals surface area contributed by atoms with Gasteiger partial charge in [0.25, 0.3) is 0 Å². The molecule has 0 aliphatic heterocycles. The molecule has 0 aromatic heterocycles. The van der Waals surface area contributed by atoms with Gasteiger partial charge in [0.2, 0.25) is 0 Å². The van der Waals surface area contributed by atoms with Crippen molar-refractivity contribution < 1.29 is 8.42 Å². The molecule has 20 heavy (non-hydrogen) atoms. The van der Waals surface area contributed by atoms with Crippen molar-refractivity contribution in [1.29, 1.82) is 0 Å². The molecule has 0 heterocycles. The summed E-state index contributed by atoms with van der Waals surface area (Å²) in [6.45, 7) is 10.8. The van der Waals surface area contributed by atoms with E-state index >= 15 is 0 Å². The number of guanidine groups is 1. The van der Waals surface area contributed by atoms with E-state index < -0.39 is 9.84 Å². The molecule has 0 fully saturated rings. The van der Waals surface area contributed by atoms with Crippen LogP contribution < -0.4 is 10.6 Å². The monoisotopic (exact) mass is 306 g/mol. The summed E-state index contributed by atoms with van der Waals surface area (Å²) in [5.74, 6) is 0.749. The molecule has 0 aromatic carbocycles. The Bertz CT molecular complexity index is 383. The van der Waals surface area contributed by atoms with Gasteiger partial charge in [0.05, 0.1) is 5.75 Å². The van der Waals surface area contributed by atoms with Gasteiger partial charge in [-0.2, -0.15) is 0 Å². The van der Waals surface area contributed by atoms with Gasteiger partial charge >= 0.3 is 0 Å². The highest BCUT2D eigenvalue weighted by Gasteiger charge is 2.12. The van der Waals surface area contributed by atoms with E-state index in [9.17, 15) is 8.42 Å². The van der Waals surface area contributed by atoms with Gasteiger partial charge in [-0.25, -0.2) is 8.42 Å². The predicted molar refractivity (Wildman–Crippen MR) is 86.1 cm³/mol. The van der Waals surface area contributed by atoms with E-state index in [1.807, 2.05) is 0 Å². The maximum atomic E-state index is 11.0. The fourth-order valence-corrected chi connectivity index (χ4v) is 2.46. The zero-order valence-electron chi connectivity index (χ0n) is 13.6. The Morgan fingerprint density at radius 3 is 2.00 bits per heavy atom. The minimum atomic E-state index is -2.94. The molecule has 0 amide bonds. The molecule has 7 heteroatoms. The zero-order chi connectivity index (χ0) is 15.8. The van der Waals surface area contributed by atoms with E-state index in [1.165, 1.54) is 6.26 Å². The lowest BCUT2D eigenvalue weighted by Crippen LogP contribution is -2.45. The van der Waals surface area contributed by atoms with E-state index in [0.717, 1.165) is 13.1 Å². The molecule has 0 aliphatic carbocycles. The molecule has 120 valence electrons. The van der Waals surface area contributed by atoms with Crippen LogP contribution in [-0.4, -0.2) is 70.1 Å². The Balaban J connectivity index is 4.08. The quantitative estimate of drug-likeness (QED) is 0.499. The standard InChI is InChI=1S/C13H30N4O2S/c1-11(2)17(12(3)4)9-7-15-13(14-5)16-8-10-20(6,18)19/h11-12H,7-10H2,1-6H3,(H2,14,15,16). The van der Waals surface area contributed by atoms with Crippen LogP contribution in [0.3, 0.4) is 0 Å². The molecular formula is C13H30N4O2S. The van der Waals surface area contributed by atoms with E-state index in [0.29, 0.717) is 24.6 Å². The lowest BCUT2D eigenvalue weighted by atomic mass is 10.2. The second kappa shape index (κ2) is 9.18. The van der Waals surface area contributed by atoms with Gasteiger partial charge < -0.3 is 10.6 Å². The summed E-state index contributed by atoms with van der Waals surface area (Å²) < 4.78 is 22.1. The van der Waals surface area contributed by atoms with Crippen LogP contribution in [0.2, 0.25) is 0 Å². The van der Waals surface area contributed by atoms with Gasteiger partial charge in [-0.1, -0.05) is 0 Å². The van der Waals surface area contributed by atoms with Crippen molar-refractivity contribution in [3.8, 4) is 0 Å². The zero-order valence-corrected chi connectivity index (χ0v) is 14.4. The lowest BCUT2D eigenvalue weighted by Gasteiger charge is -2.30. The number of aliphatic imine (C=N–C) groups is 1. The van der Waals surface area contributed by atoms with Gasteiger partial charge in [-0.05, 0) is 27.7 Å². The summed E-state index contributed by atoms with van der Waals surface area (Å²) in [7, 11) is -1.26. The Hall–Kier alpha value is -0.820. The first-order valence-corrected chi connectivity index (χ1v) is 9.11. The van der Waals surface area contributed by atoms with Crippen LogP contribution in [0.25, 0.3) is 0 Å². The first-order chi connectivity index (χ1) is 9.17. The summed E-state index contributed by atoms with van der Waals surface area (Å²) in [4.78, 5) is 6.46. The summed E-state index contributed by atoms with van der Waals surface area (Å²) in [5, 5.41) is 6.20. The van der Waals surface area contributed by atoms with Crippen molar-refractivity contribution in [3.63, 3.8) is 0 Å². The topological polar surface area (TPSA) is 73.8 Å². The van der Waals surface area contributed by atoms with Crippen LogP contribution in [0.4, 0.5) is 0 Å². The average Bonchev–Trinajstić information content (AvgIpc) is 2.29. The van der Waals surface area contributed by atoms with Crippen molar-refractivity contribution in [1.82, 2.24) is 15.5 Å². The third-order valence-electron chi connectivity index (χ3n) is 2.98. The van der Waals surface area contributed by atoms with Gasteiger partial charge in [-0.3, -0.25) is 9.89 Å². The molecule has 0 aromatic rings. The highest BCUT2D eigenvalue weighted by Crippen LogP contribution is 2.03. The fourth-order valence-electron chi connectivity index (χ4n) is 1.99. The van der Waals surface area contributed by atoms with Gasteiger partial charge in [0, 0.05) is 45.0 Å².